The van der Waals surface area contributed by atoms with Gasteiger partial charge in [-0.1, -0.05) is 96.2 Å². The Morgan fingerprint density at radius 3 is 2.14 bits per heavy atom. The largest absolute Gasteiger partial charge is 0.497 e. The molecule has 0 unspecified atom stereocenters. The molecule has 8 nitrogen and oxygen atoms in total. The molecule has 0 aliphatic rings. The summed E-state index contributed by atoms with van der Waals surface area (Å²) in [6.07, 6.45) is 3.37. The van der Waals surface area contributed by atoms with Gasteiger partial charge in [-0.15, -0.1) is 5.10 Å². The van der Waals surface area contributed by atoms with Crippen LogP contribution in [0.2, 0.25) is 0 Å². The number of nitrogens with zero attached hydrogens (tertiary/aromatic N) is 6. The minimum atomic E-state index is 0.118. The normalized spacial score (nSPS) is 11.5. The van der Waals surface area contributed by atoms with Crippen LogP contribution in [-0.2, 0) is 18.0 Å². The molecule has 0 radical (unpaired) electrons. The van der Waals surface area contributed by atoms with Gasteiger partial charge in [-0.25, -0.2) is 14.5 Å². The molecule has 7 aromatic rings. The molecule has 0 fully saturated rings. The maximum atomic E-state index is 5.59. The maximum absolute atomic E-state index is 5.59. The van der Waals surface area contributed by atoms with Gasteiger partial charge in [0.15, 0.2) is 18.1 Å². The van der Waals surface area contributed by atoms with Crippen molar-refractivity contribution >= 4 is 22.9 Å². The van der Waals surface area contributed by atoms with Crippen LogP contribution in [0, 0.1) is 0 Å². The highest BCUT2D eigenvalue weighted by Crippen LogP contribution is 2.42. The van der Waals surface area contributed by atoms with Crippen LogP contribution < -0.4 is 4.74 Å². The van der Waals surface area contributed by atoms with Gasteiger partial charge in [0.25, 0.3) is 0 Å². The Balaban J connectivity index is 1.35. The third-order valence-corrected chi connectivity index (χ3v) is 7.30. The number of fused-ring (bicyclic) bond motifs is 3. The SMILES string of the molecule is COc1ccc(/C=N/OCc2nc3c4c(-c5ccccc5)c(-c5ccccc5)n(Cc5ccccc5)c4ncn3n2)cc1. The van der Waals surface area contributed by atoms with Gasteiger partial charge in [0.05, 0.1) is 24.4 Å². The highest BCUT2D eigenvalue weighted by atomic mass is 16.6. The lowest BCUT2D eigenvalue weighted by Gasteiger charge is -2.13. The predicted octanol–water partition coefficient (Wildman–Crippen LogP) is 7.02. The topological polar surface area (TPSA) is 78.8 Å². The molecular weight excluding hydrogens is 536 g/mol. The zero-order valence-corrected chi connectivity index (χ0v) is 23.5. The highest BCUT2D eigenvalue weighted by Gasteiger charge is 2.25. The summed E-state index contributed by atoms with van der Waals surface area (Å²) in [5.74, 6) is 1.30. The summed E-state index contributed by atoms with van der Waals surface area (Å²) in [6.45, 7) is 0.772. The smallest absolute Gasteiger partial charge is 0.192 e. The Kier molecular flexibility index (Phi) is 7.07. The van der Waals surface area contributed by atoms with E-state index in [0.717, 1.165) is 44.7 Å². The average Bonchev–Trinajstić information content (AvgIpc) is 3.63. The van der Waals surface area contributed by atoms with Crippen molar-refractivity contribution in [1.82, 2.24) is 24.1 Å². The van der Waals surface area contributed by atoms with Crippen LogP contribution in [0.4, 0.5) is 0 Å². The number of benzene rings is 4. The molecule has 43 heavy (non-hydrogen) atoms. The number of hydrogen-bond acceptors (Lipinski definition) is 6. The second kappa shape index (κ2) is 11.6. The minimum Gasteiger partial charge on any atom is -0.497 e. The van der Waals surface area contributed by atoms with Crippen molar-refractivity contribution in [3.63, 3.8) is 0 Å². The molecule has 3 aromatic heterocycles. The number of rotatable bonds is 9. The summed E-state index contributed by atoms with van der Waals surface area (Å²) < 4.78 is 9.22. The fraction of sp³-hybridized carbons (Fsp3) is 0.0857. The first kappa shape index (κ1) is 26.2. The zero-order chi connectivity index (χ0) is 29.0. The summed E-state index contributed by atoms with van der Waals surface area (Å²) in [6, 6.07) is 38.9. The van der Waals surface area contributed by atoms with E-state index in [0.29, 0.717) is 18.0 Å². The molecule has 0 atom stereocenters. The predicted molar refractivity (Wildman–Crippen MR) is 168 cm³/mol. The molecule has 0 saturated carbocycles. The molecule has 210 valence electrons. The number of aromatic nitrogens is 5. The van der Waals surface area contributed by atoms with E-state index in [4.69, 9.17) is 19.5 Å². The number of methoxy groups -OCH3 is 1. The molecule has 4 aromatic carbocycles. The first-order valence-corrected chi connectivity index (χ1v) is 14.0. The van der Waals surface area contributed by atoms with Crippen LogP contribution in [0.15, 0.2) is 127 Å². The number of oxime groups is 1. The second-order valence-electron chi connectivity index (χ2n) is 10.0. The van der Waals surface area contributed by atoms with E-state index in [-0.39, 0.29) is 6.61 Å². The molecule has 8 heteroatoms. The Labute approximate surface area is 248 Å². The Morgan fingerprint density at radius 2 is 1.44 bits per heavy atom. The standard InChI is InChI=1S/C35H28N6O2/c1-42-29-19-17-25(18-20-29)21-37-43-23-30-38-35-32-31(27-13-7-3-8-14-27)33(28-15-9-4-10-16-28)40(22-26-11-5-2-6-12-26)34(32)36-24-41(35)39-30/h2-21,24H,22-23H2,1H3/b37-21+. The molecule has 0 aliphatic carbocycles. The van der Waals surface area contributed by atoms with Gasteiger partial charge < -0.3 is 14.1 Å². The van der Waals surface area contributed by atoms with Gasteiger partial charge in [0, 0.05) is 12.1 Å². The van der Waals surface area contributed by atoms with E-state index in [1.54, 1.807) is 24.2 Å². The van der Waals surface area contributed by atoms with Crippen LogP contribution in [0.3, 0.4) is 0 Å². The first-order chi connectivity index (χ1) is 21.3. The molecule has 0 spiro atoms. The lowest BCUT2D eigenvalue weighted by Crippen LogP contribution is -2.03. The van der Waals surface area contributed by atoms with Crippen molar-refractivity contribution in [2.24, 2.45) is 5.16 Å². The van der Waals surface area contributed by atoms with Crippen molar-refractivity contribution in [2.45, 2.75) is 13.2 Å². The van der Waals surface area contributed by atoms with E-state index < -0.39 is 0 Å². The lowest BCUT2D eigenvalue weighted by molar-refractivity contribution is 0.126. The Hall–Kier alpha value is -5.76. The zero-order valence-electron chi connectivity index (χ0n) is 23.5. The van der Waals surface area contributed by atoms with Crippen LogP contribution in [0.5, 0.6) is 5.75 Å². The van der Waals surface area contributed by atoms with E-state index in [2.05, 4.69) is 87.6 Å². The van der Waals surface area contributed by atoms with E-state index in [1.807, 2.05) is 42.5 Å². The summed E-state index contributed by atoms with van der Waals surface area (Å²) in [4.78, 5) is 15.5. The van der Waals surface area contributed by atoms with E-state index >= 15 is 0 Å². The van der Waals surface area contributed by atoms with Gasteiger partial charge >= 0.3 is 0 Å². The average molecular weight is 565 g/mol. The Bertz CT molecular complexity index is 2020. The Morgan fingerprint density at radius 1 is 0.767 bits per heavy atom. The van der Waals surface area contributed by atoms with Gasteiger partial charge in [-0.05, 0) is 46.5 Å². The number of hydrogen-bond donors (Lipinski definition) is 0. The van der Waals surface area contributed by atoms with Crippen molar-refractivity contribution < 1.29 is 9.57 Å². The molecule has 0 N–H and O–H groups in total. The van der Waals surface area contributed by atoms with E-state index in [9.17, 15) is 0 Å². The van der Waals surface area contributed by atoms with Crippen molar-refractivity contribution in [3.8, 4) is 28.1 Å². The van der Waals surface area contributed by atoms with Gasteiger partial charge in [-0.3, -0.25) is 0 Å². The van der Waals surface area contributed by atoms with Crippen molar-refractivity contribution in [3.05, 3.63) is 139 Å². The van der Waals surface area contributed by atoms with Gasteiger partial charge in [0.2, 0.25) is 0 Å². The van der Waals surface area contributed by atoms with Crippen LogP contribution >= 0.6 is 0 Å². The van der Waals surface area contributed by atoms with Crippen molar-refractivity contribution in [2.75, 3.05) is 7.11 Å². The highest BCUT2D eigenvalue weighted by molar-refractivity contribution is 6.09. The quantitative estimate of drug-likeness (QED) is 0.139. The fourth-order valence-electron chi connectivity index (χ4n) is 5.33. The van der Waals surface area contributed by atoms with Gasteiger partial charge in [0.1, 0.15) is 17.7 Å². The number of ether oxygens (including phenoxy) is 1. The molecule has 0 aliphatic heterocycles. The lowest BCUT2D eigenvalue weighted by atomic mass is 9.99. The first-order valence-electron chi connectivity index (χ1n) is 14.0. The van der Waals surface area contributed by atoms with Crippen LogP contribution in [0.25, 0.3) is 39.1 Å². The van der Waals surface area contributed by atoms with Crippen LogP contribution in [-0.4, -0.2) is 37.5 Å². The summed E-state index contributed by atoms with van der Waals surface area (Å²) in [7, 11) is 1.64. The van der Waals surface area contributed by atoms with Crippen LogP contribution in [0.1, 0.15) is 17.0 Å². The summed E-state index contributed by atoms with van der Waals surface area (Å²) in [5.41, 5.74) is 7.96. The molecule has 0 saturated heterocycles. The third kappa shape index (κ3) is 5.22. The molecule has 3 heterocycles. The van der Waals surface area contributed by atoms with Crippen molar-refractivity contribution in [1.29, 1.82) is 0 Å². The molecule has 0 amide bonds. The maximum Gasteiger partial charge on any atom is 0.192 e. The molecule has 0 bridgehead atoms. The fourth-order valence-corrected chi connectivity index (χ4v) is 5.33. The molecular formula is C35H28N6O2. The third-order valence-electron chi connectivity index (χ3n) is 7.30. The second-order valence-corrected chi connectivity index (χ2v) is 10.0. The minimum absolute atomic E-state index is 0.118. The molecule has 7 rings (SSSR count). The van der Waals surface area contributed by atoms with E-state index in [1.165, 1.54) is 5.56 Å². The monoisotopic (exact) mass is 564 g/mol. The van der Waals surface area contributed by atoms with Gasteiger partial charge in [-0.2, -0.15) is 0 Å². The summed E-state index contributed by atoms with van der Waals surface area (Å²) in [5, 5.41) is 9.73. The summed E-state index contributed by atoms with van der Waals surface area (Å²) >= 11 is 0.